The number of amides is 2. The van der Waals surface area contributed by atoms with Crippen LogP contribution in [0.15, 0.2) is 54.9 Å². The van der Waals surface area contributed by atoms with Gasteiger partial charge in [0.05, 0.1) is 19.0 Å². The Bertz CT molecular complexity index is 857. The van der Waals surface area contributed by atoms with Crippen molar-refractivity contribution in [3.8, 4) is 0 Å². The number of rotatable bonds is 2. The molecule has 3 aliphatic rings. The fraction of sp³-hybridized carbons (Fsp3) is 0.350. The first kappa shape index (κ1) is 15.5. The first-order valence-corrected chi connectivity index (χ1v) is 8.93. The highest BCUT2D eigenvalue weighted by atomic mass is 16.5. The SMILES string of the molecule is O=C(c1ccncc1)N1CC[C@@]23O[C@@H](c4ccccc4)CN2C(=O)C[C@@H]13. The predicted octanol–water partition coefficient (Wildman–Crippen LogP) is 2.00. The van der Waals surface area contributed by atoms with Crippen molar-refractivity contribution in [2.75, 3.05) is 13.1 Å². The van der Waals surface area contributed by atoms with E-state index in [-0.39, 0.29) is 24.0 Å². The summed E-state index contributed by atoms with van der Waals surface area (Å²) in [5.74, 6) is 0.0105. The summed E-state index contributed by atoms with van der Waals surface area (Å²) in [5, 5.41) is 0. The van der Waals surface area contributed by atoms with Gasteiger partial charge in [-0.15, -0.1) is 0 Å². The molecule has 3 atom stereocenters. The maximum absolute atomic E-state index is 12.9. The van der Waals surface area contributed by atoms with Crippen LogP contribution in [-0.2, 0) is 9.53 Å². The summed E-state index contributed by atoms with van der Waals surface area (Å²) in [4.78, 5) is 33.2. The molecule has 3 fully saturated rings. The van der Waals surface area contributed by atoms with Crippen molar-refractivity contribution in [3.63, 3.8) is 0 Å². The van der Waals surface area contributed by atoms with Crippen LogP contribution in [-0.4, -0.2) is 51.5 Å². The largest absolute Gasteiger partial charge is 0.343 e. The number of hydrogen-bond acceptors (Lipinski definition) is 4. The maximum atomic E-state index is 12.9. The quantitative estimate of drug-likeness (QED) is 0.832. The van der Waals surface area contributed by atoms with Gasteiger partial charge in [0.2, 0.25) is 5.91 Å². The summed E-state index contributed by atoms with van der Waals surface area (Å²) in [5.41, 5.74) is 0.989. The molecule has 132 valence electrons. The number of ether oxygens (including phenoxy) is 1. The van der Waals surface area contributed by atoms with Crippen molar-refractivity contribution in [2.24, 2.45) is 0 Å². The molecule has 26 heavy (non-hydrogen) atoms. The van der Waals surface area contributed by atoms with Crippen LogP contribution in [0.1, 0.15) is 34.9 Å². The van der Waals surface area contributed by atoms with E-state index < -0.39 is 5.72 Å². The van der Waals surface area contributed by atoms with E-state index in [0.29, 0.717) is 31.5 Å². The molecule has 0 saturated carbocycles. The van der Waals surface area contributed by atoms with Crippen LogP contribution in [0.3, 0.4) is 0 Å². The van der Waals surface area contributed by atoms with Gasteiger partial charge in [-0.1, -0.05) is 30.3 Å². The molecule has 0 N–H and O–H groups in total. The van der Waals surface area contributed by atoms with Gasteiger partial charge in [0.25, 0.3) is 5.91 Å². The van der Waals surface area contributed by atoms with E-state index in [1.54, 1.807) is 29.4 Å². The Morgan fingerprint density at radius 2 is 1.92 bits per heavy atom. The van der Waals surface area contributed by atoms with E-state index in [2.05, 4.69) is 4.98 Å². The standard InChI is InChI=1S/C20H19N3O3/c24-18-12-17-20(8-11-22(17)19(25)15-6-9-21-10-7-15)23(18)13-16(26-20)14-4-2-1-3-5-14/h1-7,9-10,16-17H,8,11-13H2/t16-,17-,20+/m1/s1. The molecule has 1 aromatic heterocycles. The molecule has 6 heteroatoms. The van der Waals surface area contributed by atoms with E-state index >= 15 is 0 Å². The normalized spacial score (nSPS) is 29.8. The topological polar surface area (TPSA) is 62.7 Å². The van der Waals surface area contributed by atoms with Crippen molar-refractivity contribution < 1.29 is 14.3 Å². The Labute approximate surface area is 151 Å². The molecule has 6 nitrogen and oxygen atoms in total. The Morgan fingerprint density at radius 3 is 2.69 bits per heavy atom. The lowest BCUT2D eigenvalue weighted by Crippen LogP contribution is -2.48. The molecular formula is C20H19N3O3. The smallest absolute Gasteiger partial charge is 0.254 e. The lowest BCUT2D eigenvalue weighted by molar-refractivity contribution is -0.138. The van der Waals surface area contributed by atoms with Crippen LogP contribution in [0.2, 0.25) is 0 Å². The number of pyridine rings is 1. The minimum absolute atomic E-state index is 0.0595. The maximum Gasteiger partial charge on any atom is 0.254 e. The van der Waals surface area contributed by atoms with Gasteiger partial charge in [-0.05, 0) is 17.7 Å². The van der Waals surface area contributed by atoms with E-state index in [1.807, 2.05) is 35.2 Å². The number of likely N-dealkylation sites (tertiary alicyclic amines) is 1. The highest BCUT2D eigenvalue weighted by Gasteiger charge is 2.64. The summed E-state index contributed by atoms with van der Waals surface area (Å²) in [6.45, 7) is 1.15. The fourth-order valence-corrected chi connectivity index (χ4v) is 4.57. The monoisotopic (exact) mass is 349 g/mol. The lowest BCUT2D eigenvalue weighted by atomic mass is 10.1. The second-order valence-electron chi connectivity index (χ2n) is 7.07. The molecule has 0 bridgehead atoms. The molecule has 2 aromatic rings. The summed E-state index contributed by atoms with van der Waals surface area (Å²) >= 11 is 0. The van der Waals surface area contributed by atoms with E-state index in [1.165, 1.54) is 0 Å². The molecule has 4 heterocycles. The molecular weight excluding hydrogens is 330 g/mol. The zero-order chi connectivity index (χ0) is 17.7. The minimum atomic E-state index is -0.680. The van der Waals surface area contributed by atoms with Crippen LogP contribution in [0.4, 0.5) is 0 Å². The average Bonchev–Trinajstić information content (AvgIpc) is 3.31. The van der Waals surface area contributed by atoms with Gasteiger partial charge in [-0.2, -0.15) is 0 Å². The molecule has 3 saturated heterocycles. The third-order valence-corrected chi connectivity index (χ3v) is 5.79. The molecule has 3 aliphatic heterocycles. The van der Waals surface area contributed by atoms with Crippen LogP contribution >= 0.6 is 0 Å². The van der Waals surface area contributed by atoms with Gasteiger partial charge in [0.15, 0.2) is 5.72 Å². The van der Waals surface area contributed by atoms with Crippen LogP contribution < -0.4 is 0 Å². The second kappa shape index (κ2) is 5.64. The fourth-order valence-electron chi connectivity index (χ4n) is 4.57. The van der Waals surface area contributed by atoms with Gasteiger partial charge in [0, 0.05) is 30.9 Å². The van der Waals surface area contributed by atoms with Gasteiger partial charge < -0.3 is 14.5 Å². The highest BCUT2D eigenvalue weighted by Crippen LogP contribution is 2.50. The summed E-state index contributed by atoms with van der Waals surface area (Å²) in [7, 11) is 0. The van der Waals surface area contributed by atoms with Gasteiger partial charge in [-0.25, -0.2) is 0 Å². The van der Waals surface area contributed by atoms with Crippen molar-refractivity contribution in [2.45, 2.75) is 30.7 Å². The summed E-state index contributed by atoms with van der Waals surface area (Å²) in [6.07, 6.45) is 4.08. The van der Waals surface area contributed by atoms with Gasteiger partial charge >= 0.3 is 0 Å². The van der Waals surface area contributed by atoms with E-state index in [4.69, 9.17) is 4.74 Å². The van der Waals surface area contributed by atoms with Gasteiger partial charge in [-0.3, -0.25) is 14.6 Å². The number of carbonyl (C=O) groups excluding carboxylic acids is 2. The molecule has 1 aromatic carbocycles. The van der Waals surface area contributed by atoms with Gasteiger partial charge in [0.1, 0.15) is 6.10 Å². The summed E-state index contributed by atoms with van der Waals surface area (Å²) < 4.78 is 6.47. The molecule has 0 unspecified atom stereocenters. The third kappa shape index (κ3) is 2.12. The Kier molecular flexibility index (Phi) is 3.37. The zero-order valence-electron chi connectivity index (χ0n) is 14.2. The first-order valence-electron chi connectivity index (χ1n) is 8.93. The van der Waals surface area contributed by atoms with E-state index in [9.17, 15) is 9.59 Å². The second-order valence-corrected chi connectivity index (χ2v) is 7.07. The number of carbonyl (C=O) groups is 2. The van der Waals surface area contributed by atoms with Crippen LogP contribution in [0.5, 0.6) is 0 Å². The van der Waals surface area contributed by atoms with Crippen molar-refractivity contribution in [1.29, 1.82) is 0 Å². The number of nitrogens with zero attached hydrogens (tertiary/aromatic N) is 3. The van der Waals surface area contributed by atoms with Crippen molar-refractivity contribution in [1.82, 2.24) is 14.8 Å². The molecule has 1 spiro atoms. The van der Waals surface area contributed by atoms with Crippen molar-refractivity contribution in [3.05, 3.63) is 66.0 Å². The molecule has 0 aliphatic carbocycles. The number of aromatic nitrogens is 1. The molecule has 0 radical (unpaired) electrons. The Hall–Kier alpha value is -2.73. The minimum Gasteiger partial charge on any atom is -0.343 e. The Balaban J connectivity index is 1.45. The van der Waals surface area contributed by atoms with Crippen LogP contribution in [0.25, 0.3) is 0 Å². The summed E-state index contributed by atoms with van der Waals surface area (Å²) in [6, 6.07) is 13.2. The van der Waals surface area contributed by atoms with E-state index in [0.717, 1.165) is 5.56 Å². The zero-order valence-corrected chi connectivity index (χ0v) is 14.2. The first-order chi connectivity index (χ1) is 12.7. The van der Waals surface area contributed by atoms with Crippen LogP contribution in [0, 0.1) is 0 Å². The number of benzene rings is 1. The predicted molar refractivity (Wildman–Crippen MR) is 93.0 cm³/mol. The average molecular weight is 349 g/mol. The van der Waals surface area contributed by atoms with Crippen molar-refractivity contribution >= 4 is 11.8 Å². The molecule has 5 rings (SSSR count). The highest BCUT2D eigenvalue weighted by molar-refractivity contribution is 5.95. The third-order valence-electron chi connectivity index (χ3n) is 5.79. The lowest BCUT2D eigenvalue weighted by Gasteiger charge is -2.32. The Morgan fingerprint density at radius 1 is 1.15 bits per heavy atom. The molecule has 2 amide bonds. The number of hydrogen-bond donors (Lipinski definition) is 0.